The molecule has 0 unspecified atom stereocenters. The number of carbonyl (C=O) groups is 1. The Bertz CT molecular complexity index is 614. The third-order valence-electron chi connectivity index (χ3n) is 2.51. The topological polar surface area (TPSA) is 77.2 Å². The summed E-state index contributed by atoms with van der Waals surface area (Å²) < 4.78 is 5.53. The second-order valence-corrected chi connectivity index (χ2v) is 4.62. The maximum atomic E-state index is 11.0. The van der Waals surface area contributed by atoms with E-state index in [0.29, 0.717) is 23.2 Å². The molecule has 0 bridgehead atoms. The van der Waals surface area contributed by atoms with Crippen LogP contribution in [-0.2, 0) is 11.4 Å². The lowest BCUT2D eigenvalue weighted by molar-refractivity contribution is -0.114. The molecule has 0 spiro atoms. The molecule has 0 aliphatic carbocycles. The van der Waals surface area contributed by atoms with E-state index >= 15 is 0 Å². The van der Waals surface area contributed by atoms with E-state index in [1.54, 1.807) is 24.3 Å². The number of hydrogen-bond acceptors (Lipinski definition) is 4. The van der Waals surface area contributed by atoms with Gasteiger partial charge in [0.25, 0.3) is 0 Å². The number of benzene rings is 1. The molecule has 0 fully saturated rings. The number of pyridine rings is 1. The molecule has 6 heteroatoms. The summed E-state index contributed by atoms with van der Waals surface area (Å²) in [4.78, 5) is 15.0. The summed E-state index contributed by atoms with van der Waals surface area (Å²) >= 11 is 5.80. The van der Waals surface area contributed by atoms with Crippen LogP contribution in [0.3, 0.4) is 0 Å². The van der Waals surface area contributed by atoms with Crippen molar-refractivity contribution in [2.75, 3.05) is 11.1 Å². The SMILES string of the molecule is CC(=O)Nc1ccc(OCc2ccc(Cl)cc2)nc1N. The van der Waals surface area contributed by atoms with Crippen LogP contribution in [0.25, 0.3) is 0 Å². The quantitative estimate of drug-likeness (QED) is 0.908. The summed E-state index contributed by atoms with van der Waals surface area (Å²) in [7, 11) is 0. The van der Waals surface area contributed by atoms with Gasteiger partial charge in [0.15, 0.2) is 5.82 Å². The molecule has 1 amide bonds. The number of hydrogen-bond donors (Lipinski definition) is 2. The highest BCUT2D eigenvalue weighted by molar-refractivity contribution is 6.30. The van der Waals surface area contributed by atoms with Gasteiger partial charge in [0.05, 0.1) is 5.69 Å². The molecule has 20 heavy (non-hydrogen) atoms. The third kappa shape index (κ3) is 3.86. The maximum absolute atomic E-state index is 11.0. The Morgan fingerprint density at radius 3 is 2.60 bits per heavy atom. The second-order valence-electron chi connectivity index (χ2n) is 4.18. The first kappa shape index (κ1) is 14.1. The van der Waals surface area contributed by atoms with Gasteiger partial charge in [-0.3, -0.25) is 4.79 Å². The number of rotatable bonds is 4. The number of nitrogens with two attached hydrogens (primary N) is 1. The minimum atomic E-state index is -0.201. The van der Waals surface area contributed by atoms with Crippen molar-refractivity contribution in [2.24, 2.45) is 0 Å². The van der Waals surface area contributed by atoms with Crippen LogP contribution < -0.4 is 15.8 Å². The lowest BCUT2D eigenvalue weighted by Crippen LogP contribution is -2.09. The Balaban J connectivity index is 2.01. The van der Waals surface area contributed by atoms with E-state index < -0.39 is 0 Å². The van der Waals surface area contributed by atoms with Crippen molar-refractivity contribution in [1.82, 2.24) is 4.98 Å². The highest BCUT2D eigenvalue weighted by Crippen LogP contribution is 2.20. The van der Waals surface area contributed by atoms with Gasteiger partial charge in [-0.05, 0) is 23.8 Å². The van der Waals surface area contributed by atoms with Crippen LogP contribution >= 0.6 is 11.6 Å². The van der Waals surface area contributed by atoms with Gasteiger partial charge in [-0.25, -0.2) is 0 Å². The first-order valence-electron chi connectivity index (χ1n) is 5.96. The van der Waals surface area contributed by atoms with Crippen LogP contribution in [0.1, 0.15) is 12.5 Å². The molecule has 0 saturated carbocycles. The first-order chi connectivity index (χ1) is 9.54. The number of anilines is 2. The Morgan fingerprint density at radius 2 is 2.00 bits per heavy atom. The molecule has 0 saturated heterocycles. The summed E-state index contributed by atoms with van der Waals surface area (Å²) in [6, 6.07) is 10.6. The van der Waals surface area contributed by atoms with Crippen molar-refractivity contribution in [2.45, 2.75) is 13.5 Å². The summed E-state index contributed by atoms with van der Waals surface area (Å²) in [5, 5.41) is 3.26. The zero-order chi connectivity index (χ0) is 14.5. The lowest BCUT2D eigenvalue weighted by Gasteiger charge is -2.09. The standard InChI is InChI=1S/C14H14ClN3O2/c1-9(19)17-12-6-7-13(18-14(12)16)20-8-10-2-4-11(15)5-3-10/h2-7H,8H2,1H3,(H2,16,18)(H,17,19). The van der Waals surface area contributed by atoms with E-state index in [0.717, 1.165) is 5.56 Å². The number of amides is 1. The monoisotopic (exact) mass is 291 g/mol. The maximum Gasteiger partial charge on any atom is 0.221 e. The third-order valence-corrected chi connectivity index (χ3v) is 2.76. The summed E-state index contributed by atoms with van der Waals surface area (Å²) in [5.74, 6) is 0.411. The molecule has 3 N–H and O–H groups in total. The van der Waals surface area contributed by atoms with Gasteiger partial charge in [-0.2, -0.15) is 4.98 Å². The molecule has 1 aromatic heterocycles. The molecular formula is C14H14ClN3O2. The van der Waals surface area contributed by atoms with E-state index in [-0.39, 0.29) is 11.7 Å². The van der Waals surface area contributed by atoms with Crippen LogP contribution in [0.4, 0.5) is 11.5 Å². The van der Waals surface area contributed by atoms with Crippen LogP contribution in [0.15, 0.2) is 36.4 Å². The summed E-state index contributed by atoms with van der Waals surface area (Å²) in [6.07, 6.45) is 0. The average Bonchev–Trinajstić information content (AvgIpc) is 2.40. The molecule has 5 nitrogen and oxygen atoms in total. The lowest BCUT2D eigenvalue weighted by atomic mass is 10.2. The van der Waals surface area contributed by atoms with E-state index in [1.807, 2.05) is 12.1 Å². The summed E-state index contributed by atoms with van der Waals surface area (Å²) in [5.41, 5.74) is 7.18. The van der Waals surface area contributed by atoms with Crippen molar-refractivity contribution in [3.05, 3.63) is 47.0 Å². The molecule has 2 aromatic rings. The number of nitrogens with one attached hydrogen (secondary N) is 1. The van der Waals surface area contributed by atoms with Crippen molar-refractivity contribution < 1.29 is 9.53 Å². The average molecular weight is 292 g/mol. The van der Waals surface area contributed by atoms with E-state index in [9.17, 15) is 4.79 Å². The molecule has 104 valence electrons. The number of carbonyl (C=O) groups excluding carboxylic acids is 1. The number of nitrogen functional groups attached to an aromatic ring is 1. The first-order valence-corrected chi connectivity index (χ1v) is 6.34. The van der Waals surface area contributed by atoms with E-state index in [2.05, 4.69) is 10.3 Å². The highest BCUT2D eigenvalue weighted by Gasteiger charge is 2.05. The molecule has 2 rings (SSSR count). The molecule has 1 aromatic carbocycles. The van der Waals surface area contributed by atoms with Crippen molar-refractivity contribution in [3.63, 3.8) is 0 Å². The van der Waals surface area contributed by atoms with Gasteiger partial charge in [-0.1, -0.05) is 23.7 Å². The van der Waals surface area contributed by atoms with Crippen LogP contribution in [0.2, 0.25) is 5.02 Å². The number of halogens is 1. The molecule has 0 aliphatic heterocycles. The normalized spacial score (nSPS) is 10.1. The molecule has 0 atom stereocenters. The second kappa shape index (κ2) is 6.25. The van der Waals surface area contributed by atoms with E-state index in [1.165, 1.54) is 6.92 Å². The van der Waals surface area contributed by atoms with Gasteiger partial charge in [0.1, 0.15) is 6.61 Å². The fraction of sp³-hybridized carbons (Fsp3) is 0.143. The zero-order valence-electron chi connectivity index (χ0n) is 10.9. The number of ether oxygens (including phenoxy) is 1. The Labute approximate surface area is 121 Å². The fourth-order valence-electron chi connectivity index (χ4n) is 1.57. The van der Waals surface area contributed by atoms with Crippen molar-refractivity contribution >= 4 is 29.0 Å². The molecule has 0 aliphatic rings. The minimum Gasteiger partial charge on any atom is -0.473 e. The molecule has 0 radical (unpaired) electrons. The van der Waals surface area contributed by atoms with Gasteiger partial charge in [0, 0.05) is 18.0 Å². The van der Waals surface area contributed by atoms with Gasteiger partial charge < -0.3 is 15.8 Å². The van der Waals surface area contributed by atoms with Crippen LogP contribution in [0.5, 0.6) is 5.88 Å². The number of nitrogens with zero attached hydrogens (tertiary/aromatic N) is 1. The zero-order valence-corrected chi connectivity index (χ0v) is 11.6. The van der Waals surface area contributed by atoms with Gasteiger partial charge >= 0.3 is 0 Å². The number of aromatic nitrogens is 1. The molecular weight excluding hydrogens is 278 g/mol. The smallest absolute Gasteiger partial charge is 0.221 e. The minimum absolute atomic E-state index is 0.201. The van der Waals surface area contributed by atoms with E-state index in [4.69, 9.17) is 22.1 Å². The van der Waals surface area contributed by atoms with Crippen molar-refractivity contribution in [3.8, 4) is 5.88 Å². The van der Waals surface area contributed by atoms with Crippen molar-refractivity contribution in [1.29, 1.82) is 0 Å². The van der Waals surface area contributed by atoms with Crippen LogP contribution in [-0.4, -0.2) is 10.9 Å². The molecule has 1 heterocycles. The predicted molar refractivity (Wildman–Crippen MR) is 78.7 cm³/mol. The van der Waals surface area contributed by atoms with Gasteiger partial charge in [0.2, 0.25) is 11.8 Å². The highest BCUT2D eigenvalue weighted by atomic mass is 35.5. The summed E-state index contributed by atoms with van der Waals surface area (Å²) in [6.45, 7) is 1.77. The largest absolute Gasteiger partial charge is 0.473 e. The van der Waals surface area contributed by atoms with Crippen LogP contribution in [0, 0.1) is 0 Å². The Kier molecular flexibility index (Phi) is 4.42. The predicted octanol–water partition coefficient (Wildman–Crippen LogP) is 2.85. The fourth-order valence-corrected chi connectivity index (χ4v) is 1.70. The Hall–Kier alpha value is -2.27. The van der Waals surface area contributed by atoms with Gasteiger partial charge in [-0.15, -0.1) is 0 Å². The Morgan fingerprint density at radius 1 is 1.30 bits per heavy atom.